The number of hydrogen-bond donors (Lipinski definition) is 0. The Kier molecular flexibility index (Phi) is 4.48. The van der Waals surface area contributed by atoms with Crippen LogP contribution < -0.4 is 0 Å². The van der Waals surface area contributed by atoms with E-state index in [1.165, 1.54) is 5.56 Å². The fourth-order valence-corrected chi connectivity index (χ4v) is 2.11. The molecule has 2 heterocycles. The van der Waals surface area contributed by atoms with Crippen LogP contribution in [0.25, 0.3) is 0 Å². The van der Waals surface area contributed by atoms with Crippen LogP contribution in [0.1, 0.15) is 5.56 Å². The van der Waals surface area contributed by atoms with E-state index in [0.29, 0.717) is 6.54 Å². The van der Waals surface area contributed by atoms with Crippen molar-refractivity contribution >= 4 is 0 Å². The van der Waals surface area contributed by atoms with E-state index in [1.807, 2.05) is 12.4 Å². The summed E-state index contributed by atoms with van der Waals surface area (Å²) < 4.78 is 0. The van der Waals surface area contributed by atoms with Gasteiger partial charge in [0.05, 0.1) is 12.6 Å². The van der Waals surface area contributed by atoms with Crippen LogP contribution in [0.3, 0.4) is 0 Å². The van der Waals surface area contributed by atoms with Gasteiger partial charge in [-0.15, -0.1) is 0 Å². The summed E-state index contributed by atoms with van der Waals surface area (Å²) in [5.74, 6) is 0. The summed E-state index contributed by atoms with van der Waals surface area (Å²) in [4.78, 5) is 8.70. The number of aromatic nitrogens is 1. The summed E-state index contributed by atoms with van der Waals surface area (Å²) in [5.41, 5.74) is 1.35. The second-order valence-corrected chi connectivity index (χ2v) is 4.38. The van der Waals surface area contributed by atoms with Gasteiger partial charge in [-0.25, -0.2) is 0 Å². The molecule has 0 aliphatic carbocycles. The molecule has 0 bridgehead atoms. The van der Waals surface area contributed by atoms with E-state index in [2.05, 4.69) is 33.0 Å². The number of nitriles is 1. The highest BCUT2D eigenvalue weighted by Gasteiger charge is 2.15. The molecule has 1 aromatic rings. The Labute approximate surface area is 102 Å². The molecule has 0 aromatic carbocycles. The number of pyridine rings is 1. The van der Waals surface area contributed by atoms with Crippen LogP contribution in [-0.2, 0) is 6.42 Å². The first kappa shape index (κ1) is 12.0. The zero-order chi connectivity index (χ0) is 11.9. The molecule has 90 valence electrons. The number of rotatable bonds is 4. The Bertz CT molecular complexity index is 363. The lowest BCUT2D eigenvalue weighted by molar-refractivity contribution is 0.145. The van der Waals surface area contributed by atoms with Crippen LogP contribution in [0, 0.1) is 11.3 Å². The van der Waals surface area contributed by atoms with Crippen molar-refractivity contribution in [1.29, 1.82) is 5.26 Å². The molecule has 0 N–H and O–H groups in total. The van der Waals surface area contributed by atoms with Crippen molar-refractivity contribution in [2.24, 2.45) is 0 Å². The van der Waals surface area contributed by atoms with E-state index in [9.17, 15) is 0 Å². The molecule has 4 nitrogen and oxygen atoms in total. The second kappa shape index (κ2) is 6.33. The maximum Gasteiger partial charge on any atom is 0.0866 e. The highest BCUT2D eigenvalue weighted by Crippen LogP contribution is 2.04. The Morgan fingerprint density at radius 1 is 1.12 bits per heavy atom. The molecule has 1 aliphatic rings. The summed E-state index contributed by atoms with van der Waals surface area (Å²) in [6, 6.07) is 6.36. The summed E-state index contributed by atoms with van der Waals surface area (Å²) >= 11 is 0. The van der Waals surface area contributed by atoms with Gasteiger partial charge in [-0.3, -0.25) is 9.88 Å². The molecular weight excluding hydrogens is 212 g/mol. The normalized spacial score (nSPS) is 17.8. The molecular formula is C13H18N4. The third kappa shape index (κ3) is 3.81. The van der Waals surface area contributed by atoms with E-state index in [0.717, 1.165) is 39.1 Å². The molecule has 0 unspecified atom stereocenters. The van der Waals surface area contributed by atoms with Crippen LogP contribution >= 0.6 is 0 Å². The molecule has 0 radical (unpaired) electrons. The maximum absolute atomic E-state index is 8.63. The molecule has 0 amide bonds. The van der Waals surface area contributed by atoms with Gasteiger partial charge in [0.2, 0.25) is 0 Å². The molecule has 4 heteroatoms. The highest BCUT2D eigenvalue weighted by atomic mass is 15.3. The molecule has 1 fully saturated rings. The van der Waals surface area contributed by atoms with Crippen LogP contribution in [0.5, 0.6) is 0 Å². The Morgan fingerprint density at radius 3 is 2.41 bits per heavy atom. The third-order valence-corrected chi connectivity index (χ3v) is 3.23. The van der Waals surface area contributed by atoms with E-state index < -0.39 is 0 Å². The van der Waals surface area contributed by atoms with Crippen LogP contribution in [-0.4, -0.2) is 54.1 Å². The van der Waals surface area contributed by atoms with Gasteiger partial charge in [0, 0.05) is 45.1 Å². The Morgan fingerprint density at radius 2 is 1.76 bits per heavy atom. The molecule has 1 aromatic heterocycles. The molecule has 2 rings (SSSR count). The molecule has 17 heavy (non-hydrogen) atoms. The number of piperazine rings is 1. The van der Waals surface area contributed by atoms with Gasteiger partial charge in [0.15, 0.2) is 0 Å². The molecule has 0 atom stereocenters. The van der Waals surface area contributed by atoms with Crippen molar-refractivity contribution in [3.05, 3.63) is 30.1 Å². The second-order valence-electron chi connectivity index (χ2n) is 4.38. The third-order valence-electron chi connectivity index (χ3n) is 3.23. The minimum atomic E-state index is 0.568. The predicted octanol–water partition coefficient (Wildman–Crippen LogP) is 0.765. The molecule has 1 saturated heterocycles. The van der Waals surface area contributed by atoms with Gasteiger partial charge < -0.3 is 4.90 Å². The quantitative estimate of drug-likeness (QED) is 0.716. The van der Waals surface area contributed by atoms with E-state index in [1.54, 1.807) is 0 Å². The predicted molar refractivity (Wildman–Crippen MR) is 66.4 cm³/mol. The zero-order valence-corrected chi connectivity index (χ0v) is 10.0. The fourth-order valence-electron chi connectivity index (χ4n) is 2.11. The lowest BCUT2D eigenvalue weighted by Gasteiger charge is -2.33. The van der Waals surface area contributed by atoms with Gasteiger partial charge >= 0.3 is 0 Å². The molecule has 0 spiro atoms. The lowest BCUT2D eigenvalue weighted by Crippen LogP contribution is -2.46. The summed E-state index contributed by atoms with van der Waals surface area (Å²) in [6.45, 7) is 5.86. The van der Waals surface area contributed by atoms with Crippen LogP contribution in [0.4, 0.5) is 0 Å². The van der Waals surface area contributed by atoms with E-state index in [4.69, 9.17) is 5.26 Å². The minimum Gasteiger partial charge on any atom is -0.300 e. The van der Waals surface area contributed by atoms with Crippen molar-refractivity contribution in [2.75, 3.05) is 39.3 Å². The van der Waals surface area contributed by atoms with Crippen molar-refractivity contribution in [3.63, 3.8) is 0 Å². The fraction of sp³-hybridized carbons (Fsp3) is 0.538. The van der Waals surface area contributed by atoms with Gasteiger partial charge in [-0.2, -0.15) is 5.26 Å². The van der Waals surface area contributed by atoms with Crippen molar-refractivity contribution in [1.82, 2.24) is 14.8 Å². The minimum absolute atomic E-state index is 0.568. The summed E-state index contributed by atoms with van der Waals surface area (Å²) in [7, 11) is 0. The van der Waals surface area contributed by atoms with Crippen molar-refractivity contribution in [3.8, 4) is 6.07 Å². The zero-order valence-electron chi connectivity index (χ0n) is 10.0. The van der Waals surface area contributed by atoms with Gasteiger partial charge in [0.25, 0.3) is 0 Å². The Balaban J connectivity index is 1.70. The summed E-state index contributed by atoms with van der Waals surface area (Å²) in [5, 5.41) is 8.63. The van der Waals surface area contributed by atoms with E-state index >= 15 is 0 Å². The van der Waals surface area contributed by atoms with Crippen molar-refractivity contribution in [2.45, 2.75) is 6.42 Å². The monoisotopic (exact) mass is 230 g/mol. The Hall–Kier alpha value is -1.44. The first-order chi connectivity index (χ1) is 8.38. The molecule has 1 aliphatic heterocycles. The average Bonchev–Trinajstić information content (AvgIpc) is 2.40. The SMILES string of the molecule is N#CCN1CCN(CCc2ccncc2)CC1. The van der Waals surface area contributed by atoms with Crippen molar-refractivity contribution < 1.29 is 0 Å². The number of nitrogens with zero attached hydrogens (tertiary/aromatic N) is 4. The maximum atomic E-state index is 8.63. The number of hydrogen-bond acceptors (Lipinski definition) is 4. The van der Waals surface area contributed by atoms with Gasteiger partial charge in [0.1, 0.15) is 0 Å². The first-order valence-electron chi connectivity index (χ1n) is 6.09. The lowest BCUT2D eigenvalue weighted by atomic mass is 10.2. The standard InChI is InChI=1S/C13H18N4/c14-4-8-17-11-9-16(10-12-17)7-3-13-1-5-15-6-2-13/h1-2,5-6H,3,7-12H2. The molecule has 0 saturated carbocycles. The average molecular weight is 230 g/mol. The van der Waals surface area contributed by atoms with Crippen LogP contribution in [0.15, 0.2) is 24.5 Å². The first-order valence-corrected chi connectivity index (χ1v) is 6.09. The van der Waals surface area contributed by atoms with Gasteiger partial charge in [-0.05, 0) is 24.1 Å². The summed E-state index contributed by atoms with van der Waals surface area (Å²) in [6.07, 6.45) is 4.78. The largest absolute Gasteiger partial charge is 0.300 e. The topological polar surface area (TPSA) is 43.2 Å². The van der Waals surface area contributed by atoms with E-state index in [-0.39, 0.29) is 0 Å². The highest BCUT2D eigenvalue weighted by molar-refractivity contribution is 5.09. The van der Waals surface area contributed by atoms with Gasteiger partial charge in [-0.1, -0.05) is 0 Å². The van der Waals surface area contributed by atoms with Crippen LogP contribution in [0.2, 0.25) is 0 Å². The smallest absolute Gasteiger partial charge is 0.0866 e.